The Morgan fingerprint density at radius 1 is 1.28 bits per heavy atom. The Kier molecular flexibility index (Phi) is 6.23. The molecule has 2 rings (SSSR count). The largest absolute Gasteiger partial charge is 0.496 e. The summed E-state index contributed by atoms with van der Waals surface area (Å²) in [4.78, 5) is 14.8. The number of nitrogens with zero attached hydrogens (tertiary/aromatic N) is 3. The number of para-hydroxylation sites is 1. The zero-order valence-electron chi connectivity index (χ0n) is 16.1. The first-order chi connectivity index (χ1) is 12.0. The first-order valence-electron chi connectivity index (χ1n) is 8.90. The molecule has 0 aliphatic carbocycles. The molecule has 1 atom stereocenters. The molecule has 1 aromatic heterocycles. The van der Waals surface area contributed by atoms with Crippen molar-refractivity contribution in [3.63, 3.8) is 0 Å². The van der Waals surface area contributed by atoms with Crippen molar-refractivity contribution in [3.05, 3.63) is 47.3 Å². The number of methoxy groups -OCH3 is 1. The van der Waals surface area contributed by atoms with E-state index < -0.39 is 0 Å². The van der Waals surface area contributed by atoms with Gasteiger partial charge in [0.15, 0.2) is 0 Å². The minimum Gasteiger partial charge on any atom is -0.496 e. The molecule has 0 aliphatic rings. The Morgan fingerprint density at radius 3 is 2.52 bits per heavy atom. The number of aromatic nitrogens is 2. The van der Waals surface area contributed by atoms with Crippen molar-refractivity contribution >= 4 is 5.91 Å². The minimum absolute atomic E-state index is 0.0203. The normalized spacial score (nSPS) is 12.3. The summed E-state index contributed by atoms with van der Waals surface area (Å²) in [6, 6.07) is 8.04. The Labute approximate surface area is 150 Å². The van der Waals surface area contributed by atoms with E-state index in [4.69, 9.17) is 4.74 Å². The second-order valence-electron chi connectivity index (χ2n) is 6.39. The van der Waals surface area contributed by atoms with Crippen LogP contribution in [-0.2, 0) is 0 Å². The van der Waals surface area contributed by atoms with Gasteiger partial charge in [-0.3, -0.25) is 9.48 Å². The lowest BCUT2D eigenvalue weighted by molar-refractivity contribution is 0.0740. The maximum atomic E-state index is 13.0. The number of ether oxygens (including phenoxy) is 1. The van der Waals surface area contributed by atoms with Crippen LogP contribution in [-0.4, -0.2) is 34.7 Å². The van der Waals surface area contributed by atoms with E-state index in [1.165, 1.54) is 0 Å². The van der Waals surface area contributed by atoms with Crippen LogP contribution in [0.4, 0.5) is 0 Å². The van der Waals surface area contributed by atoms with Gasteiger partial charge in [0.05, 0.1) is 31.0 Å². The van der Waals surface area contributed by atoms with Crippen LogP contribution in [0.5, 0.6) is 5.75 Å². The van der Waals surface area contributed by atoms with Gasteiger partial charge >= 0.3 is 0 Å². The van der Waals surface area contributed by atoms with Gasteiger partial charge in [-0.05, 0) is 32.8 Å². The highest BCUT2D eigenvalue weighted by Crippen LogP contribution is 2.29. The highest BCUT2D eigenvalue weighted by Gasteiger charge is 2.25. The van der Waals surface area contributed by atoms with E-state index in [2.05, 4.69) is 18.9 Å². The molecule has 0 fully saturated rings. The molecule has 0 N–H and O–H groups in total. The topological polar surface area (TPSA) is 47.4 Å². The summed E-state index contributed by atoms with van der Waals surface area (Å²) >= 11 is 0. The van der Waals surface area contributed by atoms with Crippen LogP contribution in [0.3, 0.4) is 0 Å². The smallest absolute Gasteiger partial charge is 0.257 e. The average molecular weight is 343 g/mol. The Bertz CT molecular complexity index is 719. The quantitative estimate of drug-likeness (QED) is 0.749. The van der Waals surface area contributed by atoms with Crippen molar-refractivity contribution in [3.8, 4) is 5.75 Å². The number of amides is 1. The van der Waals surface area contributed by atoms with Gasteiger partial charge in [0, 0.05) is 18.3 Å². The van der Waals surface area contributed by atoms with Gasteiger partial charge in [-0.1, -0.05) is 32.0 Å². The molecule has 0 bridgehead atoms. The summed E-state index contributed by atoms with van der Waals surface area (Å²) in [5, 5.41) is 4.47. The highest BCUT2D eigenvalue weighted by atomic mass is 16.5. The molecule has 0 saturated carbocycles. The number of benzene rings is 1. The van der Waals surface area contributed by atoms with Crippen molar-refractivity contribution in [1.29, 1.82) is 0 Å². The molecule has 0 aliphatic heterocycles. The summed E-state index contributed by atoms with van der Waals surface area (Å²) in [5.74, 6) is 0.771. The van der Waals surface area contributed by atoms with Crippen molar-refractivity contribution in [2.24, 2.45) is 0 Å². The fourth-order valence-corrected chi connectivity index (χ4v) is 3.22. The number of carbonyl (C=O) groups excluding carboxylic acids is 1. The van der Waals surface area contributed by atoms with E-state index in [1.54, 1.807) is 18.2 Å². The summed E-state index contributed by atoms with van der Waals surface area (Å²) in [7, 11) is 3.48. The molecule has 0 saturated heterocycles. The molecule has 5 heteroatoms. The van der Waals surface area contributed by atoms with E-state index in [0.717, 1.165) is 29.8 Å². The second kappa shape index (κ2) is 8.19. The van der Waals surface area contributed by atoms with Crippen LogP contribution in [0.1, 0.15) is 67.3 Å². The molecule has 5 nitrogen and oxygen atoms in total. The van der Waals surface area contributed by atoms with Gasteiger partial charge in [-0.25, -0.2) is 0 Å². The highest BCUT2D eigenvalue weighted by molar-refractivity contribution is 5.95. The Hall–Kier alpha value is -2.30. The van der Waals surface area contributed by atoms with E-state index in [9.17, 15) is 4.79 Å². The van der Waals surface area contributed by atoms with Crippen molar-refractivity contribution in [2.45, 2.75) is 52.6 Å². The molecular formula is C20H29N3O2. The maximum absolute atomic E-state index is 13.0. The third kappa shape index (κ3) is 3.70. The Balaban J connectivity index is 2.28. The molecule has 25 heavy (non-hydrogen) atoms. The Morgan fingerprint density at radius 2 is 1.92 bits per heavy atom. The van der Waals surface area contributed by atoms with Gasteiger partial charge in [0.2, 0.25) is 0 Å². The lowest BCUT2D eigenvalue weighted by Gasteiger charge is -2.26. The maximum Gasteiger partial charge on any atom is 0.257 e. The molecule has 1 heterocycles. The fraction of sp³-hybridized carbons (Fsp3) is 0.500. The van der Waals surface area contributed by atoms with E-state index in [1.807, 2.05) is 49.8 Å². The molecule has 0 radical (unpaired) electrons. The summed E-state index contributed by atoms with van der Waals surface area (Å²) in [6.45, 7) is 8.27. The summed E-state index contributed by atoms with van der Waals surface area (Å²) in [6.07, 6.45) is 3.70. The fourth-order valence-electron chi connectivity index (χ4n) is 3.22. The van der Waals surface area contributed by atoms with E-state index in [-0.39, 0.29) is 11.9 Å². The monoisotopic (exact) mass is 343 g/mol. The first-order valence-corrected chi connectivity index (χ1v) is 8.90. The number of carbonyl (C=O) groups is 1. The van der Waals surface area contributed by atoms with E-state index in [0.29, 0.717) is 11.6 Å². The average Bonchev–Trinajstić information content (AvgIpc) is 3.02. The first kappa shape index (κ1) is 19.0. The van der Waals surface area contributed by atoms with Crippen LogP contribution in [0, 0.1) is 6.92 Å². The molecule has 0 spiro atoms. The van der Waals surface area contributed by atoms with Gasteiger partial charge in [-0.2, -0.15) is 5.10 Å². The van der Waals surface area contributed by atoms with Crippen LogP contribution in [0.15, 0.2) is 30.5 Å². The third-order valence-electron chi connectivity index (χ3n) is 5.05. The predicted octanol–water partition coefficient (Wildman–Crippen LogP) is 4.39. The van der Waals surface area contributed by atoms with Crippen LogP contribution in [0.2, 0.25) is 0 Å². The molecule has 2 aromatic rings. The minimum atomic E-state index is -0.0976. The second-order valence-corrected chi connectivity index (χ2v) is 6.39. The number of hydrogen-bond acceptors (Lipinski definition) is 3. The lowest BCUT2D eigenvalue weighted by atomic mass is 10.0. The summed E-state index contributed by atoms with van der Waals surface area (Å²) in [5.41, 5.74) is 2.58. The van der Waals surface area contributed by atoms with Crippen LogP contribution >= 0.6 is 0 Å². The zero-order chi connectivity index (χ0) is 18.6. The number of hydrogen-bond donors (Lipinski definition) is 0. The standard InChI is InChI=1S/C20H29N3O2/c1-7-16(8-2)23-15(4)18(13-21-23)20(24)22(5)14(3)17-11-9-10-12-19(17)25-6/h9-14,16H,7-8H2,1-6H3/t14-/m1/s1. The van der Waals surface area contributed by atoms with Crippen molar-refractivity contribution in [2.75, 3.05) is 14.2 Å². The predicted molar refractivity (Wildman–Crippen MR) is 100 cm³/mol. The number of rotatable bonds is 7. The molecular weight excluding hydrogens is 314 g/mol. The van der Waals surface area contributed by atoms with Gasteiger partial charge in [0.1, 0.15) is 5.75 Å². The van der Waals surface area contributed by atoms with Gasteiger partial charge in [-0.15, -0.1) is 0 Å². The molecule has 1 aromatic carbocycles. The van der Waals surface area contributed by atoms with E-state index >= 15 is 0 Å². The van der Waals surface area contributed by atoms with Crippen molar-refractivity contribution in [1.82, 2.24) is 14.7 Å². The molecule has 0 unspecified atom stereocenters. The zero-order valence-corrected chi connectivity index (χ0v) is 16.1. The SMILES string of the molecule is CCC(CC)n1ncc(C(=O)N(C)[C@H](C)c2ccccc2OC)c1C. The van der Waals surface area contributed by atoms with Crippen molar-refractivity contribution < 1.29 is 9.53 Å². The van der Waals surface area contributed by atoms with Gasteiger partial charge in [0.25, 0.3) is 5.91 Å². The lowest BCUT2D eigenvalue weighted by Crippen LogP contribution is -2.30. The van der Waals surface area contributed by atoms with Gasteiger partial charge < -0.3 is 9.64 Å². The summed E-state index contributed by atoms with van der Waals surface area (Å²) < 4.78 is 7.42. The molecule has 136 valence electrons. The molecule has 1 amide bonds. The van der Waals surface area contributed by atoms with Crippen LogP contribution in [0.25, 0.3) is 0 Å². The third-order valence-corrected chi connectivity index (χ3v) is 5.05. The van der Waals surface area contributed by atoms with Crippen LogP contribution < -0.4 is 4.74 Å².